The van der Waals surface area contributed by atoms with Crippen molar-refractivity contribution in [3.8, 4) is 0 Å². The van der Waals surface area contributed by atoms with Gasteiger partial charge in [-0.3, -0.25) is 10.1 Å². The molecule has 0 spiro atoms. The maximum atomic E-state index is 12.4. The van der Waals surface area contributed by atoms with Crippen LogP contribution in [0.4, 0.5) is 5.69 Å². The quantitative estimate of drug-likeness (QED) is 0.607. The number of benzene rings is 2. The van der Waals surface area contributed by atoms with Crippen molar-refractivity contribution < 1.29 is 13.3 Å². The molecule has 0 radical (unpaired) electrons. The van der Waals surface area contributed by atoms with Crippen LogP contribution in [0.2, 0.25) is 0 Å². The van der Waals surface area contributed by atoms with E-state index in [4.69, 9.17) is 0 Å². The van der Waals surface area contributed by atoms with Gasteiger partial charge in [-0.05, 0) is 24.0 Å². The third-order valence-electron chi connectivity index (χ3n) is 4.83. The second-order valence-electron chi connectivity index (χ2n) is 6.50. The minimum atomic E-state index is -3.50. The normalized spacial score (nSPS) is 16.2. The molecule has 1 N–H and O–H groups in total. The number of nitrogens with one attached hydrogen (secondary N) is 1. The Bertz CT molecular complexity index is 844. The minimum Gasteiger partial charge on any atom is -0.258 e. The molecule has 6 nitrogen and oxygen atoms in total. The van der Waals surface area contributed by atoms with Gasteiger partial charge in [0.05, 0.1) is 10.7 Å². The lowest BCUT2D eigenvalue weighted by Crippen LogP contribution is -2.45. The molecule has 1 fully saturated rings. The fraction of sp³-hybridized carbons (Fsp3) is 0.333. The van der Waals surface area contributed by atoms with Crippen molar-refractivity contribution in [1.82, 2.24) is 4.72 Å². The molecule has 0 bridgehead atoms. The summed E-state index contributed by atoms with van der Waals surface area (Å²) < 4.78 is 27.5. The number of hydrogen-bond donors (Lipinski definition) is 1. The van der Waals surface area contributed by atoms with E-state index in [0.29, 0.717) is 12.1 Å². The second kappa shape index (κ2) is 6.93. The number of nitrogens with zero attached hydrogens (tertiary/aromatic N) is 1. The van der Waals surface area contributed by atoms with Crippen LogP contribution >= 0.6 is 0 Å². The molecular formula is C18H20N2O4S. The van der Waals surface area contributed by atoms with E-state index in [1.54, 1.807) is 0 Å². The van der Waals surface area contributed by atoms with Gasteiger partial charge in [-0.15, -0.1) is 0 Å². The average Bonchev–Trinajstić information content (AvgIpc) is 2.55. The lowest BCUT2D eigenvalue weighted by Gasteiger charge is -2.42. The predicted octanol–water partition coefficient (Wildman–Crippen LogP) is 3.14. The number of non-ortho nitro benzene ring substituents is 1. The number of nitro groups is 1. The summed E-state index contributed by atoms with van der Waals surface area (Å²) in [6.45, 7) is 0.381. The van der Waals surface area contributed by atoms with Crippen LogP contribution in [0.15, 0.2) is 54.6 Å². The molecule has 0 saturated heterocycles. The van der Waals surface area contributed by atoms with E-state index in [9.17, 15) is 18.5 Å². The first-order valence-electron chi connectivity index (χ1n) is 8.16. The average molecular weight is 360 g/mol. The number of rotatable bonds is 7. The minimum absolute atomic E-state index is 0.0494. The third kappa shape index (κ3) is 4.05. The Morgan fingerprint density at radius 1 is 1.04 bits per heavy atom. The van der Waals surface area contributed by atoms with Gasteiger partial charge in [0.25, 0.3) is 5.69 Å². The Hall–Kier alpha value is -2.25. The van der Waals surface area contributed by atoms with Crippen LogP contribution in [0.1, 0.15) is 30.4 Å². The van der Waals surface area contributed by atoms with Crippen LogP contribution in [0.25, 0.3) is 0 Å². The SMILES string of the molecule is O=[N+]([O-])c1ccc(CS(=O)(=O)NCC2(c3ccccc3)CCC2)cc1. The van der Waals surface area contributed by atoms with Crippen molar-refractivity contribution in [3.05, 3.63) is 75.8 Å². The maximum Gasteiger partial charge on any atom is 0.269 e. The number of nitro benzene ring substituents is 1. The van der Waals surface area contributed by atoms with Crippen LogP contribution in [-0.4, -0.2) is 19.9 Å². The van der Waals surface area contributed by atoms with Gasteiger partial charge in [-0.25, -0.2) is 13.1 Å². The van der Waals surface area contributed by atoms with Crippen molar-refractivity contribution in [2.45, 2.75) is 30.4 Å². The molecule has 0 heterocycles. The largest absolute Gasteiger partial charge is 0.269 e. The molecule has 3 rings (SSSR count). The molecule has 0 aliphatic heterocycles. The zero-order valence-electron chi connectivity index (χ0n) is 13.7. The predicted molar refractivity (Wildman–Crippen MR) is 95.7 cm³/mol. The van der Waals surface area contributed by atoms with Gasteiger partial charge in [-0.2, -0.15) is 0 Å². The molecule has 1 aliphatic carbocycles. The fourth-order valence-electron chi connectivity index (χ4n) is 3.20. The Morgan fingerprint density at radius 2 is 1.68 bits per heavy atom. The van der Waals surface area contributed by atoms with Gasteiger partial charge < -0.3 is 0 Å². The summed E-state index contributed by atoms with van der Waals surface area (Å²) >= 11 is 0. The zero-order chi connectivity index (χ0) is 17.9. The van der Waals surface area contributed by atoms with Crippen LogP contribution in [-0.2, 0) is 21.2 Å². The summed E-state index contributed by atoms with van der Waals surface area (Å²) in [7, 11) is -3.50. The topological polar surface area (TPSA) is 89.3 Å². The Labute approximate surface area is 147 Å². The highest BCUT2D eigenvalue weighted by Gasteiger charge is 2.39. The van der Waals surface area contributed by atoms with E-state index < -0.39 is 14.9 Å². The lowest BCUT2D eigenvalue weighted by molar-refractivity contribution is -0.384. The van der Waals surface area contributed by atoms with Gasteiger partial charge in [0.15, 0.2) is 0 Å². The van der Waals surface area contributed by atoms with Crippen molar-refractivity contribution >= 4 is 15.7 Å². The van der Waals surface area contributed by atoms with Crippen LogP contribution in [0.3, 0.4) is 0 Å². The second-order valence-corrected chi connectivity index (χ2v) is 8.31. The van der Waals surface area contributed by atoms with Crippen molar-refractivity contribution in [1.29, 1.82) is 0 Å². The molecule has 2 aromatic rings. The van der Waals surface area contributed by atoms with E-state index in [2.05, 4.69) is 4.72 Å². The third-order valence-corrected chi connectivity index (χ3v) is 6.13. The first-order valence-corrected chi connectivity index (χ1v) is 9.82. The number of hydrogen-bond acceptors (Lipinski definition) is 4. The molecule has 0 atom stereocenters. The Balaban J connectivity index is 1.66. The lowest BCUT2D eigenvalue weighted by atomic mass is 9.64. The highest BCUT2D eigenvalue weighted by Crippen LogP contribution is 2.43. The van der Waals surface area contributed by atoms with Gasteiger partial charge >= 0.3 is 0 Å². The summed E-state index contributed by atoms with van der Waals surface area (Å²) in [6.07, 6.45) is 3.03. The molecule has 7 heteroatoms. The molecule has 0 aromatic heterocycles. The van der Waals surface area contributed by atoms with Crippen molar-refractivity contribution in [2.75, 3.05) is 6.54 Å². The summed E-state index contributed by atoms with van der Waals surface area (Å²) in [5.41, 5.74) is 1.52. The van der Waals surface area contributed by atoms with Gasteiger partial charge in [0.2, 0.25) is 10.0 Å². The molecule has 0 amide bonds. The van der Waals surface area contributed by atoms with Crippen molar-refractivity contribution in [3.63, 3.8) is 0 Å². The molecule has 1 saturated carbocycles. The van der Waals surface area contributed by atoms with E-state index in [1.165, 1.54) is 29.8 Å². The van der Waals surface area contributed by atoms with E-state index in [0.717, 1.165) is 19.3 Å². The van der Waals surface area contributed by atoms with E-state index in [1.807, 2.05) is 30.3 Å². The van der Waals surface area contributed by atoms with Gasteiger partial charge in [0.1, 0.15) is 0 Å². The summed E-state index contributed by atoms with van der Waals surface area (Å²) in [5, 5.41) is 10.7. The molecular weight excluding hydrogens is 340 g/mol. The summed E-state index contributed by atoms with van der Waals surface area (Å²) in [6, 6.07) is 15.6. The summed E-state index contributed by atoms with van der Waals surface area (Å²) in [4.78, 5) is 10.2. The highest BCUT2D eigenvalue weighted by atomic mass is 32.2. The highest BCUT2D eigenvalue weighted by molar-refractivity contribution is 7.88. The van der Waals surface area contributed by atoms with E-state index in [-0.39, 0.29) is 16.9 Å². The van der Waals surface area contributed by atoms with Crippen LogP contribution in [0, 0.1) is 10.1 Å². The van der Waals surface area contributed by atoms with Crippen LogP contribution in [0.5, 0.6) is 0 Å². The Kier molecular flexibility index (Phi) is 4.87. The fourth-order valence-corrected chi connectivity index (χ4v) is 4.42. The smallest absolute Gasteiger partial charge is 0.258 e. The van der Waals surface area contributed by atoms with Gasteiger partial charge in [0, 0.05) is 24.1 Å². The van der Waals surface area contributed by atoms with Gasteiger partial charge in [-0.1, -0.05) is 48.9 Å². The Morgan fingerprint density at radius 3 is 2.20 bits per heavy atom. The van der Waals surface area contributed by atoms with E-state index >= 15 is 0 Å². The first kappa shape index (κ1) is 17.6. The van der Waals surface area contributed by atoms with Crippen LogP contribution < -0.4 is 4.72 Å². The number of sulfonamides is 1. The van der Waals surface area contributed by atoms with Crippen molar-refractivity contribution in [2.24, 2.45) is 0 Å². The maximum absolute atomic E-state index is 12.4. The standard InChI is InChI=1S/C18H20N2O4S/c21-20(22)17-9-7-15(8-10-17)13-25(23,24)19-14-18(11-4-12-18)16-5-2-1-3-6-16/h1-3,5-10,19H,4,11-14H2. The monoisotopic (exact) mass is 360 g/mol. The molecule has 132 valence electrons. The first-order chi connectivity index (χ1) is 11.9. The summed E-state index contributed by atoms with van der Waals surface area (Å²) in [5.74, 6) is -0.185. The molecule has 0 unspecified atom stereocenters. The molecule has 1 aliphatic rings. The zero-order valence-corrected chi connectivity index (χ0v) is 14.5. The molecule has 25 heavy (non-hydrogen) atoms. The molecule has 2 aromatic carbocycles.